The van der Waals surface area contributed by atoms with Gasteiger partial charge in [0, 0.05) is 19.1 Å². The molecule has 1 amide bonds. The standard InChI is InChI=1S/C12H15FN2O2.ClH/c13-9-1-3-11(4-2-9)17-8-12(16)15-6-5-10(14)7-15;/h1-4,10H,5-8,14H2;1H. The van der Waals surface area contributed by atoms with E-state index in [9.17, 15) is 9.18 Å². The Bertz CT molecular complexity index is 400. The van der Waals surface area contributed by atoms with E-state index in [1.165, 1.54) is 24.3 Å². The summed E-state index contributed by atoms with van der Waals surface area (Å²) in [6.45, 7) is 1.25. The van der Waals surface area contributed by atoms with Crippen LogP contribution in [0.3, 0.4) is 0 Å². The fraction of sp³-hybridized carbons (Fsp3) is 0.417. The maximum absolute atomic E-state index is 12.6. The highest BCUT2D eigenvalue weighted by molar-refractivity contribution is 5.85. The smallest absolute Gasteiger partial charge is 0.260 e. The minimum Gasteiger partial charge on any atom is -0.484 e. The van der Waals surface area contributed by atoms with Crippen LogP contribution >= 0.6 is 12.4 Å². The highest BCUT2D eigenvalue weighted by Crippen LogP contribution is 2.12. The van der Waals surface area contributed by atoms with Crippen molar-refractivity contribution >= 4 is 18.3 Å². The molecule has 0 saturated carbocycles. The Morgan fingerprint density at radius 2 is 2.11 bits per heavy atom. The van der Waals surface area contributed by atoms with E-state index in [1.54, 1.807) is 4.90 Å². The zero-order valence-corrected chi connectivity index (χ0v) is 10.7. The summed E-state index contributed by atoms with van der Waals surface area (Å²) in [6, 6.07) is 5.66. The van der Waals surface area contributed by atoms with Gasteiger partial charge in [0.25, 0.3) is 5.91 Å². The zero-order chi connectivity index (χ0) is 12.3. The number of rotatable bonds is 3. The van der Waals surface area contributed by atoms with Gasteiger partial charge in [0.2, 0.25) is 0 Å². The maximum atomic E-state index is 12.6. The lowest BCUT2D eigenvalue weighted by molar-refractivity contribution is -0.132. The number of carbonyl (C=O) groups is 1. The molecule has 2 N–H and O–H groups in total. The van der Waals surface area contributed by atoms with Gasteiger partial charge in [0.05, 0.1) is 0 Å². The molecule has 1 aromatic carbocycles. The molecule has 1 atom stereocenters. The van der Waals surface area contributed by atoms with E-state index < -0.39 is 0 Å². The largest absolute Gasteiger partial charge is 0.484 e. The number of nitrogens with zero attached hydrogens (tertiary/aromatic N) is 1. The van der Waals surface area contributed by atoms with Crippen molar-refractivity contribution in [2.24, 2.45) is 5.73 Å². The number of nitrogens with two attached hydrogens (primary N) is 1. The van der Waals surface area contributed by atoms with E-state index >= 15 is 0 Å². The first-order chi connectivity index (χ1) is 8.15. The van der Waals surface area contributed by atoms with Crippen LogP contribution in [0.5, 0.6) is 5.75 Å². The van der Waals surface area contributed by atoms with E-state index in [0.717, 1.165) is 6.42 Å². The van der Waals surface area contributed by atoms with Crippen molar-refractivity contribution in [1.29, 1.82) is 0 Å². The van der Waals surface area contributed by atoms with Gasteiger partial charge < -0.3 is 15.4 Å². The van der Waals surface area contributed by atoms with Gasteiger partial charge in [-0.15, -0.1) is 12.4 Å². The molecule has 4 nitrogen and oxygen atoms in total. The van der Waals surface area contributed by atoms with Gasteiger partial charge in [-0.1, -0.05) is 0 Å². The maximum Gasteiger partial charge on any atom is 0.260 e. The van der Waals surface area contributed by atoms with E-state index in [-0.39, 0.29) is 36.8 Å². The van der Waals surface area contributed by atoms with Gasteiger partial charge in [-0.2, -0.15) is 0 Å². The van der Waals surface area contributed by atoms with Crippen molar-refractivity contribution in [3.63, 3.8) is 0 Å². The number of likely N-dealkylation sites (tertiary alicyclic amines) is 1. The summed E-state index contributed by atoms with van der Waals surface area (Å²) in [5, 5.41) is 0. The van der Waals surface area contributed by atoms with Crippen LogP contribution in [0.15, 0.2) is 24.3 Å². The van der Waals surface area contributed by atoms with Gasteiger partial charge >= 0.3 is 0 Å². The number of benzene rings is 1. The van der Waals surface area contributed by atoms with Crippen LogP contribution in [0.2, 0.25) is 0 Å². The fourth-order valence-electron chi connectivity index (χ4n) is 1.78. The monoisotopic (exact) mass is 274 g/mol. The van der Waals surface area contributed by atoms with Crippen LogP contribution in [0.1, 0.15) is 6.42 Å². The number of halogens is 2. The SMILES string of the molecule is Cl.NC1CCN(C(=O)COc2ccc(F)cc2)C1. The molecule has 6 heteroatoms. The summed E-state index contributed by atoms with van der Waals surface area (Å²) in [6.07, 6.45) is 0.836. The molecule has 1 unspecified atom stereocenters. The highest BCUT2D eigenvalue weighted by Gasteiger charge is 2.23. The molecule has 18 heavy (non-hydrogen) atoms. The fourth-order valence-corrected chi connectivity index (χ4v) is 1.78. The molecule has 1 aliphatic rings. The van der Waals surface area contributed by atoms with Crippen molar-refractivity contribution in [1.82, 2.24) is 4.90 Å². The van der Waals surface area contributed by atoms with Crippen LogP contribution in [0, 0.1) is 5.82 Å². The lowest BCUT2D eigenvalue weighted by Crippen LogP contribution is -2.35. The van der Waals surface area contributed by atoms with Crippen molar-refractivity contribution < 1.29 is 13.9 Å². The molecule has 2 rings (SSSR count). The lowest BCUT2D eigenvalue weighted by atomic mass is 10.3. The van der Waals surface area contributed by atoms with Gasteiger partial charge in [-0.3, -0.25) is 4.79 Å². The molecule has 0 radical (unpaired) electrons. The Morgan fingerprint density at radius 3 is 2.67 bits per heavy atom. The minimum absolute atomic E-state index is 0. The van der Waals surface area contributed by atoms with Crippen LogP contribution in [0.25, 0.3) is 0 Å². The number of hydrogen-bond acceptors (Lipinski definition) is 3. The first kappa shape index (κ1) is 14.7. The number of hydrogen-bond donors (Lipinski definition) is 1. The molecule has 1 heterocycles. The van der Waals surface area contributed by atoms with Crippen LogP contribution in [-0.2, 0) is 4.79 Å². The van der Waals surface area contributed by atoms with Gasteiger partial charge in [-0.25, -0.2) is 4.39 Å². The summed E-state index contributed by atoms with van der Waals surface area (Å²) in [5.41, 5.74) is 5.71. The topological polar surface area (TPSA) is 55.6 Å². The number of amides is 1. The minimum atomic E-state index is -0.325. The van der Waals surface area contributed by atoms with Crippen LogP contribution in [-0.4, -0.2) is 36.5 Å². The van der Waals surface area contributed by atoms with Gasteiger partial charge in [-0.05, 0) is 30.7 Å². The Labute approximate surface area is 111 Å². The Hall–Kier alpha value is -1.33. The molecule has 1 aromatic rings. The third-order valence-electron chi connectivity index (χ3n) is 2.75. The summed E-state index contributed by atoms with van der Waals surface area (Å²) in [7, 11) is 0. The van der Waals surface area contributed by atoms with Crippen LogP contribution < -0.4 is 10.5 Å². The molecule has 100 valence electrons. The second-order valence-electron chi connectivity index (χ2n) is 4.13. The Kier molecular flexibility index (Phi) is 5.37. The predicted molar refractivity (Wildman–Crippen MR) is 68.3 cm³/mol. The quantitative estimate of drug-likeness (QED) is 0.901. The van der Waals surface area contributed by atoms with E-state index in [2.05, 4.69) is 0 Å². The van der Waals surface area contributed by atoms with Crippen LogP contribution in [0.4, 0.5) is 4.39 Å². The first-order valence-corrected chi connectivity index (χ1v) is 5.57. The van der Waals surface area contributed by atoms with Crippen molar-refractivity contribution in [3.05, 3.63) is 30.1 Å². The normalized spacial score (nSPS) is 18.3. The lowest BCUT2D eigenvalue weighted by Gasteiger charge is -2.15. The molecule has 1 fully saturated rings. The third-order valence-corrected chi connectivity index (χ3v) is 2.75. The zero-order valence-electron chi connectivity index (χ0n) is 9.84. The molecule has 0 aliphatic carbocycles. The van der Waals surface area contributed by atoms with Crippen molar-refractivity contribution in [2.45, 2.75) is 12.5 Å². The average Bonchev–Trinajstić information content (AvgIpc) is 2.75. The second-order valence-corrected chi connectivity index (χ2v) is 4.13. The highest BCUT2D eigenvalue weighted by atomic mass is 35.5. The summed E-state index contributed by atoms with van der Waals surface area (Å²) in [5.74, 6) is 0.0831. The molecule has 0 spiro atoms. The molecule has 1 saturated heterocycles. The molecular formula is C12H16ClFN2O2. The predicted octanol–water partition coefficient (Wildman–Crippen LogP) is 1.19. The number of carbonyl (C=O) groups excluding carboxylic acids is 1. The molecular weight excluding hydrogens is 259 g/mol. The molecule has 0 bridgehead atoms. The van der Waals surface area contributed by atoms with E-state index in [0.29, 0.717) is 18.8 Å². The van der Waals surface area contributed by atoms with E-state index in [4.69, 9.17) is 10.5 Å². The summed E-state index contributed by atoms with van der Waals surface area (Å²) < 4.78 is 17.9. The second kappa shape index (κ2) is 6.56. The Morgan fingerprint density at radius 1 is 1.44 bits per heavy atom. The Balaban J connectivity index is 0.00000162. The average molecular weight is 275 g/mol. The van der Waals surface area contributed by atoms with Crippen molar-refractivity contribution in [3.8, 4) is 5.75 Å². The summed E-state index contributed by atoms with van der Waals surface area (Å²) in [4.78, 5) is 13.4. The summed E-state index contributed by atoms with van der Waals surface area (Å²) >= 11 is 0. The number of ether oxygens (including phenoxy) is 1. The van der Waals surface area contributed by atoms with Crippen molar-refractivity contribution in [2.75, 3.05) is 19.7 Å². The third kappa shape index (κ3) is 3.85. The molecule has 0 aromatic heterocycles. The van der Waals surface area contributed by atoms with E-state index in [1.807, 2.05) is 0 Å². The van der Waals surface area contributed by atoms with Gasteiger partial charge in [0.15, 0.2) is 6.61 Å². The van der Waals surface area contributed by atoms with Gasteiger partial charge in [0.1, 0.15) is 11.6 Å². The first-order valence-electron chi connectivity index (χ1n) is 5.57. The molecule has 1 aliphatic heterocycles.